The van der Waals surface area contributed by atoms with E-state index in [2.05, 4.69) is 0 Å². The average Bonchev–Trinajstić information content (AvgIpc) is 2.53. The molecule has 0 fully saturated rings. The zero-order valence-corrected chi connectivity index (χ0v) is 12.7. The number of rotatable bonds is 7. The van der Waals surface area contributed by atoms with E-state index >= 15 is 0 Å². The lowest BCUT2D eigenvalue weighted by Gasteiger charge is -2.16. The third kappa shape index (κ3) is 3.93. The fourth-order valence-electron chi connectivity index (χ4n) is 2.05. The molecule has 2 rings (SSSR count). The molecule has 1 unspecified atom stereocenters. The Hall–Kier alpha value is -2.18. The molecule has 0 aliphatic heterocycles. The van der Waals surface area contributed by atoms with Crippen molar-refractivity contribution in [2.24, 2.45) is 5.73 Å². The summed E-state index contributed by atoms with van der Waals surface area (Å²) in [5, 5.41) is -1.03. The molecule has 1 atom stereocenters. The van der Waals surface area contributed by atoms with Gasteiger partial charge in [0, 0.05) is 13.0 Å². The lowest BCUT2D eigenvalue weighted by atomic mass is 10.1. The topological polar surface area (TPSA) is 86.5 Å². The predicted octanol–water partition coefficient (Wildman–Crippen LogP) is 2.18. The SMILES string of the molecule is NCc1ccc(OS(=O)(=O)C(CC=O)c2ccccc2)cc1. The summed E-state index contributed by atoms with van der Waals surface area (Å²) in [5.74, 6) is 0.198. The van der Waals surface area contributed by atoms with Gasteiger partial charge in [-0.15, -0.1) is 0 Å². The molecule has 0 saturated heterocycles. The number of carbonyl (C=O) groups is 1. The largest absolute Gasteiger partial charge is 0.382 e. The minimum absolute atomic E-state index is 0.159. The van der Waals surface area contributed by atoms with Crippen LogP contribution < -0.4 is 9.92 Å². The van der Waals surface area contributed by atoms with Crippen molar-refractivity contribution in [3.05, 3.63) is 65.7 Å². The lowest BCUT2D eigenvalue weighted by molar-refractivity contribution is -0.107. The van der Waals surface area contributed by atoms with Gasteiger partial charge in [-0.3, -0.25) is 0 Å². The lowest BCUT2D eigenvalue weighted by Crippen LogP contribution is -2.19. The highest BCUT2D eigenvalue weighted by Crippen LogP contribution is 2.28. The van der Waals surface area contributed by atoms with E-state index in [4.69, 9.17) is 9.92 Å². The zero-order valence-electron chi connectivity index (χ0n) is 11.9. The Morgan fingerprint density at radius 3 is 2.23 bits per heavy atom. The van der Waals surface area contributed by atoms with E-state index in [1.807, 2.05) is 0 Å². The van der Waals surface area contributed by atoms with Crippen LogP contribution in [0.15, 0.2) is 54.6 Å². The first-order chi connectivity index (χ1) is 10.6. The Morgan fingerprint density at radius 1 is 1.05 bits per heavy atom. The van der Waals surface area contributed by atoms with E-state index < -0.39 is 15.4 Å². The minimum Gasteiger partial charge on any atom is -0.382 e. The van der Waals surface area contributed by atoms with E-state index in [1.54, 1.807) is 54.6 Å². The standard InChI is InChI=1S/C16H17NO4S/c17-12-13-6-8-15(9-7-13)21-22(19,20)16(10-11-18)14-4-2-1-3-5-14/h1-9,11,16H,10,12,17H2. The Bertz CT molecular complexity index is 712. The summed E-state index contributed by atoms with van der Waals surface area (Å²) in [7, 11) is -3.97. The third-order valence-corrected chi connectivity index (χ3v) is 4.79. The summed E-state index contributed by atoms with van der Waals surface area (Å²) in [4.78, 5) is 10.8. The predicted molar refractivity (Wildman–Crippen MR) is 83.7 cm³/mol. The minimum atomic E-state index is -3.97. The average molecular weight is 319 g/mol. The maximum Gasteiger partial charge on any atom is 0.316 e. The van der Waals surface area contributed by atoms with Crippen LogP contribution in [0.5, 0.6) is 5.75 Å². The fourth-order valence-corrected chi connectivity index (χ4v) is 3.35. The molecule has 0 aliphatic rings. The zero-order chi connectivity index (χ0) is 16.0. The van der Waals surface area contributed by atoms with Crippen LogP contribution in [0.2, 0.25) is 0 Å². The van der Waals surface area contributed by atoms with Gasteiger partial charge in [0.2, 0.25) is 0 Å². The third-order valence-electron chi connectivity index (χ3n) is 3.20. The van der Waals surface area contributed by atoms with E-state index in [9.17, 15) is 13.2 Å². The first-order valence-corrected chi connectivity index (χ1v) is 8.25. The summed E-state index contributed by atoms with van der Waals surface area (Å²) in [5.41, 5.74) is 6.89. The highest BCUT2D eigenvalue weighted by Gasteiger charge is 2.29. The van der Waals surface area contributed by atoms with Gasteiger partial charge in [0.1, 0.15) is 17.3 Å². The smallest absolute Gasteiger partial charge is 0.316 e. The van der Waals surface area contributed by atoms with Crippen molar-refractivity contribution in [3.8, 4) is 5.75 Å². The molecule has 22 heavy (non-hydrogen) atoms. The molecular formula is C16H17NO4S. The Labute approximate surface area is 129 Å². The normalized spacial score (nSPS) is 12.6. The molecule has 5 nitrogen and oxygen atoms in total. The van der Waals surface area contributed by atoms with Crippen LogP contribution in [0.1, 0.15) is 22.8 Å². The first-order valence-electron chi connectivity index (χ1n) is 6.77. The molecule has 116 valence electrons. The van der Waals surface area contributed by atoms with Crippen molar-refractivity contribution < 1.29 is 17.4 Å². The molecule has 0 aliphatic carbocycles. The molecular weight excluding hydrogens is 302 g/mol. The quantitative estimate of drug-likeness (QED) is 0.624. The highest BCUT2D eigenvalue weighted by atomic mass is 32.2. The van der Waals surface area contributed by atoms with E-state index in [1.165, 1.54) is 0 Å². The van der Waals surface area contributed by atoms with Gasteiger partial charge in [0.25, 0.3) is 0 Å². The number of carbonyl (C=O) groups excluding carboxylic acids is 1. The van der Waals surface area contributed by atoms with E-state index in [0.717, 1.165) is 5.56 Å². The van der Waals surface area contributed by atoms with E-state index in [0.29, 0.717) is 18.4 Å². The van der Waals surface area contributed by atoms with E-state index in [-0.39, 0.29) is 12.2 Å². The van der Waals surface area contributed by atoms with Gasteiger partial charge in [0.05, 0.1) is 0 Å². The molecule has 0 heterocycles. The molecule has 0 amide bonds. The van der Waals surface area contributed by atoms with Gasteiger partial charge in [-0.2, -0.15) is 8.42 Å². The highest BCUT2D eigenvalue weighted by molar-refractivity contribution is 7.87. The Balaban J connectivity index is 2.27. The summed E-state index contributed by atoms with van der Waals surface area (Å²) < 4.78 is 30.0. The van der Waals surface area contributed by atoms with Crippen molar-refractivity contribution in [1.82, 2.24) is 0 Å². The van der Waals surface area contributed by atoms with Crippen LogP contribution in [-0.4, -0.2) is 14.7 Å². The molecule has 2 N–H and O–H groups in total. The van der Waals surface area contributed by atoms with Gasteiger partial charge in [-0.1, -0.05) is 42.5 Å². The fraction of sp³-hybridized carbons (Fsp3) is 0.188. The van der Waals surface area contributed by atoms with Crippen molar-refractivity contribution in [2.45, 2.75) is 18.2 Å². The second kappa shape index (κ2) is 7.20. The first kappa shape index (κ1) is 16.2. The molecule has 0 aromatic heterocycles. The molecule has 0 radical (unpaired) electrons. The maximum absolute atomic E-state index is 12.4. The van der Waals surface area contributed by atoms with Crippen LogP contribution in [0.25, 0.3) is 0 Å². The monoisotopic (exact) mass is 319 g/mol. The van der Waals surface area contributed by atoms with Crippen molar-refractivity contribution >= 4 is 16.4 Å². The van der Waals surface area contributed by atoms with Gasteiger partial charge in [-0.05, 0) is 23.3 Å². The number of benzene rings is 2. The molecule has 0 spiro atoms. The van der Waals surface area contributed by atoms with Crippen LogP contribution in [0.4, 0.5) is 0 Å². The van der Waals surface area contributed by atoms with Crippen molar-refractivity contribution in [3.63, 3.8) is 0 Å². The Morgan fingerprint density at radius 2 is 1.68 bits per heavy atom. The summed E-state index contributed by atoms with van der Waals surface area (Å²) >= 11 is 0. The van der Waals surface area contributed by atoms with Crippen LogP contribution in [0.3, 0.4) is 0 Å². The second-order valence-electron chi connectivity index (χ2n) is 4.73. The van der Waals surface area contributed by atoms with Gasteiger partial charge in [-0.25, -0.2) is 0 Å². The molecule has 2 aromatic carbocycles. The van der Waals surface area contributed by atoms with Crippen LogP contribution in [-0.2, 0) is 21.5 Å². The molecule has 0 saturated carbocycles. The van der Waals surface area contributed by atoms with Crippen LogP contribution in [0, 0.1) is 0 Å². The van der Waals surface area contributed by atoms with Gasteiger partial charge in [0.15, 0.2) is 0 Å². The molecule has 2 aromatic rings. The number of hydrogen-bond donors (Lipinski definition) is 1. The second-order valence-corrected chi connectivity index (χ2v) is 6.45. The van der Waals surface area contributed by atoms with Crippen molar-refractivity contribution in [2.75, 3.05) is 0 Å². The molecule has 6 heteroatoms. The molecule has 0 bridgehead atoms. The van der Waals surface area contributed by atoms with Crippen molar-refractivity contribution in [1.29, 1.82) is 0 Å². The summed E-state index contributed by atoms with van der Waals surface area (Å²) in [6.07, 6.45) is 0.420. The maximum atomic E-state index is 12.4. The van der Waals surface area contributed by atoms with Gasteiger partial charge < -0.3 is 14.7 Å². The summed E-state index contributed by atoms with van der Waals surface area (Å²) in [6.45, 7) is 0.366. The van der Waals surface area contributed by atoms with Crippen LogP contribution >= 0.6 is 0 Å². The number of nitrogens with two attached hydrogens (primary N) is 1. The Kier molecular flexibility index (Phi) is 5.30. The van der Waals surface area contributed by atoms with Gasteiger partial charge >= 0.3 is 10.1 Å². The number of aldehydes is 1. The number of hydrogen-bond acceptors (Lipinski definition) is 5. The summed E-state index contributed by atoms with van der Waals surface area (Å²) in [6, 6.07) is 15.0.